The standard InChI is InChI=1S/C33H44ClN3O4SSi/c1-31(2,3)41-30(38)36-28-26(20-22-35-29(28)34)27(37-42(39)32(4,5)6)21-23-40-43(33(7,8)9,24-16-12-10-13-17-24)25-18-14-11-15-19-25/h10-20,22H,21,23H2,1-9H3,(H,36,38)/b37-27-. The fraction of sp³-hybridized carbons (Fsp3) is 0.424. The second-order valence-electron chi connectivity index (χ2n) is 13.3. The van der Waals surface area contributed by atoms with E-state index in [1.54, 1.807) is 26.8 Å². The number of nitrogens with one attached hydrogen (secondary N) is 1. The predicted octanol–water partition coefficient (Wildman–Crippen LogP) is 7.30. The molecule has 0 aliphatic carbocycles. The number of hydrogen-bond donors (Lipinski definition) is 1. The summed E-state index contributed by atoms with van der Waals surface area (Å²) in [5.74, 6) is 0. The van der Waals surface area contributed by atoms with Crippen LogP contribution in [0.4, 0.5) is 10.5 Å². The number of ether oxygens (including phenoxy) is 1. The average Bonchev–Trinajstić information content (AvgIpc) is 2.90. The molecule has 10 heteroatoms. The average molecular weight is 642 g/mol. The van der Waals surface area contributed by atoms with Gasteiger partial charge in [-0.05, 0) is 63.0 Å². The lowest BCUT2D eigenvalue weighted by atomic mass is 10.1. The fourth-order valence-electron chi connectivity index (χ4n) is 4.73. The van der Waals surface area contributed by atoms with Crippen LogP contribution in [0.15, 0.2) is 77.3 Å². The maximum absolute atomic E-state index is 13.3. The number of aromatic nitrogens is 1. The van der Waals surface area contributed by atoms with Crippen LogP contribution in [-0.4, -0.2) is 46.6 Å². The van der Waals surface area contributed by atoms with Crippen LogP contribution in [0, 0.1) is 0 Å². The first-order valence-corrected chi connectivity index (χ1v) is 17.7. The van der Waals surface area contributed by atoms with Crippen molar-refractivity contribution < 1.29 is 18.5 Å². The van der Waals surface area contributed by atoms with E-state index in [1.807, 2.05) is 57.2 Å². The Morgan fingerprint density at radius 2 is 1.47 bits per heavy atom. The van der Waals surface area contributed by atoms with Crippen molar-refractivity contribution in [3.05, 3.63) is 83.6 Å². The molecule has 43 heavy (non-hydrogen) atoms. The van der Waals surface area contributed by atoms with Crippen LogP contribution in [0.5, 0.6) is 0 Å². The number of halogens is 1. The lowest BCUT2D eigenvalue weighted by molar-refractivity contribution is 0.0636. The molecule has 7 nitrogen and oxygen atoms in total. The van der Waals surface area contributed by atoms with Crippen LogP contribution >= 0.6 is 11.6 Å². The van der Waals surface area contributed by atoms with E-state index < -0.39 is 36.1 Å². The molecule has 1 N–H and O–H groups in total. The summed E-state index contributed by atoms with van der Waals surface area (Å²) < 4.78 is 30.0. The highest BCUT2D eigenvalue weighted by Crippen LogP contribution is 2.37. The van der Waals surface area contributed by atoms with Crippen molar-refractivity contribution in [1.82, 2.24) is 4.98 Å². The lowest BCUT2D eigenvalue weighted by Crippen LogP contribution is -2.66. The van der Waals surface area contributed by atoms with E-state index in [1.165, 1.54) is 6.20 Å². The molecule has 0 radical (unpaired) electrons. The zero-order valence-electron chi connectivity index (χ0n) is 26.7. The normalized spacial score (nSPS) is 13.9. The second-order valence-corrected chi connectivity index (χ2v) is 19.9. The van der Waals surface area contributed by atoms with Gasteiger partial charge in [0.05, 0.1) is 5.69 Å². The Morgan fingerprint density at radius 3 is 1.93 bits per heavy atom. The molecule has 0 aliphatic heterocycles. The topological polar surface area (TPSA) is 95.9 Å². The van der Waals surface area contributed by atoms with E-state index >= 15 is 0 Å². The van der Waals surface area contributed by atoms with Gasteiger partial charge in [-0.1, -0.05) is 97.4 Å². The number of hydrogen-bond acceptors (Lipinski definition) is 6. The SMILES string of the molecule is CC(C)(C)OC(=O)Nc1c(/C(CCO[Si](c2ccccc2)(c2ccccc2)C(C)(C)C)=N\[S+]([O-])C(C)(C)C)ccnc1Cl. The smallest absolute Gasteiger partial charge is 0.412 e. The van der Waals surface area contributed by atoms with Crippen molar-refractivity contribution in [1.29, 1.82) is 0 Å². The van der Waals surface area contributed by atoms with E-state index in [0.29, 0.717) is 24.3 Å². The minimum Gasteiger partial charge on any atom is -0.591 e. The van der Waals surface area contributed by atoms with Gasteiger partial charge in [0.15, 0.2) is 5.15 Å². The van der Waals surface area contributed by atoms with Gasteiger partial charge in [0.2, 0.25) is 0 Å². The number of pyridine rings is 1. The van der Waals surface area contributed by atoms with Gasteiger partial charge in [-0.25, -0.2) is 9.78 Å². The first-order chi connectivity index (χ1) is 20.0. The molecule has 1 amide bonds. The van der Waals surface area contributed by atoms with Crippen molar-refractivity contribution in [2.24, 2.45) is 4.40 Å². The fourth-order valence-corrected chi connectivity index (χ4v) is 10.2. The number of anilines is 1. The van der Waals surface area contributed by atoms with Gasteiger partial charge in [-0.15, -0.1) is 0 Å². The molecule has 0 aliphatic rings. The summed E-state index contributed by atoms with van der Waals surface area (Å²) in [6.45, 7) is 17.9. The third-order valence-electron chi connectivity index (χ3n) is 6.63. The van der Waals surface area contributed by atoms with Gasteiger partial charge in [-0.3, -0.25) is 5.32 Å². The Bertz CT molecular complexity index is 1360. The van der Waals surface area contributed by atoms with Gasteiger partial charge < -0.3 is 13.7 Å². The van der Waals surface area contributed by atoms with Gasteiger partial charge in [0.1, 0.15) is 27.4 Å². The maximum atomic E-state index is 13.3. The van der Waals surface area contributed by atoms with Gasteiger partial charge in [0, 0.05) is 24.8 Å². The summed E-state index contributed by atoms with van der Waals surface area (Å²) in [6, 6.07) is 22.5. The van der Waals surface area contributed by atoms with E-state index in [0.717, 1.165) is 10.4 Å². The molecule has 1 atom stereocenters. The molecule has 1 heterocycles. The number of nitrogens with zero attached hydrogens (tertiary/aromatic N) is 2. The maximum Gasteiger partial charge on any atom is 0.412 e. The molecular formula is C33H44ClN3O4SSi. The Kier molecular flexibility index (Phi) is 11.3. The highest BCUT2D eigenvalue weighted by atomic mass is 35.5. The number of rotatable bonds is 9. The van der Waals surface area contributed by atoms with Crippen LogP contribution in [-0.2, 0) is 20.5 Å². The van der Waals surface area contributed by atoms with Crippen molar-refractivity contribution in [2.45, 2.75) is 84.1 Å². The van der Waals surface area contributed by atoms with Crippen LogP contribution < -0.4 is 15.7 Å². The van der Waals surface area contributed by atoms with Crippen LogP contribution in [0.2, 0.25) is 10.2 Å². The van der Waals surface area contributed by atoms with Crippen LogP contribution in [0.1, 0.15) is 74.3 Å². The molecule has 0 fully saturated rings. The molecule has 0 spiro atoms. The Balaban J connectivity index is 2.08. The summed E-state index contributed by atoms with van der Waals surface area (Å²) in [6.07, 6.45) is 1.18. The Hall–Kier alpha value is -2.69. The molecule has 1 aromatic heterocycles. The number of benzene rings is 2. The van der Waals surface area contributed by atoms with E-state index in [-0.39, 0.29) is 15.9 Å². The highest BCUT2D eigenvalue weighted by molar-refractivity contribution is 7.91. The summed E-state index contributed by atoms with van der Waals surface area (Å²) in [5.41, 5.74) is 0.525. The van der Waals surface area contributed by atoms with E-state index in [2.05, 4.69) is 59.7 Å². The zero-order valence-corrected chi connectivity index (χ0v) is 29.2. The predicted molar refractivity (Wildman–Crippen MR) is 182 cm³/mol. The second kappa shape index (κ2) is 13.9. The first kappa shape index (κ1) is 34.8. The molecule has 0 saturated carbocycles. The molecule has 3 aromatic rings. The van der Waals surface area contributed by atoms with Gasteiger partial charge in [-0.2, -0.15) is 0 Å². The third-order valence-corrected chi connectivity index (χ3v) is 13.4. The Labute approximate surface area is 265 Å². The summed E-state index contributed by atoms with van der Waals surface area (Å²) in [5, 5.41) is 4.91. The van der Waals surface area contributed by atoms with E-state index in [9.17, 15) is 9.35 Å². The molecule has 232 valence electrons. The zero-order chi connectivity index (χ0) is 32.1. The van der Waals surface area contributed by atoms with Gasteiger partial charge in [0.25, 0.3) is 8.32 Å². The first-order valence-electron chi connectivity index (χ1n) is 14.3. The van der Waals surface area contributed by atoms with Crippen molar-refractivity contribution in [2.75, 3.05) is 11.9 Å². The molecular weight excluding hydrogens is 598 g/mol. The summed E-state index contributed by atoms with van der Waals surface area (Å²) >= 11 is 4.92. The third kappa shape index (κ3) is 8.92. The number of carbonyl (C=O) groups is 1. The van der Waals surface area contributed by atoms with E-state index in [4.69, 9.17) is 20.8 Å². The van der Waals surface area contributed by atoms with Crippen LogP contribution in [0.25, 0.3) is 0 Å². The monoisotopic (exact) mass is 641 g/mol. The molecule has 1 unspecified atom stereocenters. The number of carbonyl (C=O) groups excluding carboxylic acids is 1. The minimum atomic E-state index is -2.83. The van der Waals surface area contributed by atoms with Crippen molar-refractivity contribution in [3.8, 4) is 0 Å². The van der Waals surface area contributed by atoms with Crippen molar-refractivity contribution in [3.63, 3.8) is 0 Å². The summed E-state index contributed by atoms with van der Waals surface area (Å²) in [4.78, 5) is 16.9. The molecule has 3 rings (SSSR count). The van der Waals surface area contributed by atoms with Crippen molar-refractivity contribution >= 4 is 59.1 Å². The molecule has 0 bridgehead atoms. The highest BCUT2D eigenvalue weighted by Gasteiger charge is 2.50. The molecule has 0 saturated heterocycles. The largest absolute Gasteiger partial charge is 0.591 e. The lowest BCUT2D eigenvalue weighted by Gasteiger charge is -2.43. The Morgan fingerprint density at radius 1 is 0.930 bits per heavy atom. The molecule has 2 aromatic carbocycles. The quantitative estimate of drug-likeness (QED) is 0.114. The van der Waals surface area contributed by atoms with Crippen LogP contribution in [0.3, 0.4) is 0 Å². The number of amides is 1. The van der Waals surface area contributed by atoms with Gasteiger partial charge >= 0.3 is 6.09 Å². The minimum absolute atomic E-state index is 0.0745. The summed E-state index contributed by atoms with van der Waals surface area (Å²) in [7, 11) is -2.83.